The minimum atomic E-state index is -0.229. The van der Waals surface area contributed by atoms with Crippen LogP contribution >= 0.6 is 0 Å². The van der Waals surface area contributed by atoms with E-state index >= 15 is 0 Å². The first-order valence-electron chi connectivity index (χ1n) is 7.12. The van der Waals surface area contributed by atoms with Crippen molar-refractivity contribution in [2.24, 2.45) is 0 Å². The lowest BCUT2D eigenvalue weighted by Crippen LogP contribution is -2.08. The van der Waals surface area contributed by atoms with E-state index in [0.29, 0.717) is 29.2 Å². The molecule has 0 amide bonds. The first kappa shape index (κ1) is 15.2. The maximum Gasteiger partial charge on any atom is 0.222 e. The third-order valence-corrected chi connectivity index (χ3v) is 3.21. The van der Waals surface area contributed by atoms with E-state index in [9.17, 15) is 4.79 Å². The van der Waals surface area contributed by atoms with Gasteiger partial charge < -0.3 is 5.32 Å². The SMILES string of the molecule is N#Cc1cccc(C(=O)c2cnc(NCc3cnccn3)nc2)c1. The fraction of sp³-hybridized carbons (Fsp3) is 0.0588. The summed E-state index contributed by atoms with van der Waals surface area (Å²) in [5.74, 6) is 0.163. The number of nitriles is 1. The van der Waals surface area contributed by atoms with Gasteiger partial charge in [0.2, 0.25) is 5.95 Å². The van der Waals surface area contributed by atoms with Crippen molar-refractivity contribution in [2.45, 2.75) is 6.54 Å². The highest BCUT2D eigenvalue weighted by atomic mass is 16.1. The Labute approximate surface area is 138 Å². The first-order valence-corrected chi connectivity index (χ1v) is 7.12. The van der Waals surface area contributed by atoms with Crippen molar-refractivity contribution in [1.29, 1.82) is 5.26 Å². The number of aromatic nitrogens is 4. The molecule has 0 fully saturated rings. The fourth-order valence-corrected chi connectivity index (χ4v) is 2.02. The van der Waals surface area contributed by atoms with E-state index in [1.807, 2.05) is 6.07 Å². The lowest BCUT2D eigenvalue weighted by molar-refractivity contribution is 0.103. The Kier molecular flexibility index (Phi) is 4.49. The molecule has 24 heavy (non-hydrogen) atoms. The van der Waals surface area contributed by atoms with E-state index in [1.165, 1.54) is 12.4 Å². The fourth-order valence-electron chi connectivity index (χ4n) is 2.02. The van der Waals surface area contributed by atoms with Crippen LogP contribution in [0.1, 0.15) is 27.2 Å². The number of carbonyl (C=O) groups excluding carboxylic acids is 1. The van der Waals surface area contributed by atoms with Gasteiger partial charge in [0.05, 0.1) is 35.6 Å². The molecule has 2 aromatic heterocycles. The third kappa shape index (κ3) is 3.56. The van der Waals surface area contributed by atoms with Crippen molar-refractivity contribution in [2.75, 3.05) is 5.32 Å². The molecule has 7 nitrogen and oxygen atoms in total. The van der Waals surface area contributed by atoms with Crippen LogP contribution in [0.25, 0.3) is 0 Å². The van der Waals surface area contributed by atoms with Crippen LogP contribution in [0, 0.1) is 11.3 Å². The van der Waals surface area contributed by atoms with Gasteiger partial charge in [0.25, 0.3) is 0 Å². The molecule has 3 aromatic rings. The summed E-state index contributed by atoms with van der Waals surface area (Å²) in [5, 5.41) is 11.9. The van der Waals surface area contributed by atoms with Crippen molar-refractivity contribution < 1.29 is 4.79 Å². The zero-order valence-corrected chi connectivity index (χ0v) is 12.5. The number of benzene rings is 1. The number of hydrogen-bond donors (Lipinski definition) is 1. The van der Waals surface area contributed by atoms with Crippen molar-refractivity contribution in [3.05, 3.63) is 77.6 Å². The molecule has 7 heteroatoms. The van der Waals surface area contributed by atoms with Crippen molar-refractivity contribution in [1.82, 2.24) is 19.9 Å². The highest BCUT2D eigenvalue weighted by Gasteiger charge is 2.11. The minimum absolute atomic E-state index is 0.229. The highest BCUT2D eigenvalue weighted by Crippen LogP contribution is 2.11. The van der Waals surface area contributed by atoms with Crippen molar-refractivity contribution in [3.8, 4) is 6.07 Å². The molecule has 0 bridgehead atoms. The topological polar surface area (TPSA) is 104 Å². The molecule has 0 atom stereocenters. The van der Waals surface area contributed by atoms with Crippen LogP contribution in [0.3, 0.4) is 0 Å². The highest BCUT2D eigenvalue weighted by molar-refractivity contribution is 6.08. The molecule has 0 saturated heterocycles. The molecule has 0 aliphatic carbocycles. The van der Waals surface area contributed by atoms with Crippen LogP contribution in [-0.4, -0.2) is 25.7 Å². The normalized spacial score (nSPS) is 9.96. The zero-order valence-electron chi connectivity index (χ0n) is 12.5. The van der Waals surface area contributed by atoms with Gasteiger partial charge in [0.15, 0.2) is 5.78 Å². The molecule has 0 spiro atoms. The number of anilines is 1. The van der Waals surface area contributed by atoms with E-state index in [1.54, 1.807) is 42.9 Å². The van der Waals surface area contributed by atoms with E-state index in [0.717, 1.165) is 5.69 Å². The molecular formula is C17H12N6O. The van der Waals surface area contributed by atoms with Gasteiger partial charge in [-0.15, -0.1) is 0 Å². The lowest BCUT2D eigenvalue weighted by atomic mass is 10.0. The van der Waals surface area contributed by atoms with E-state index in [-0.39, 0.29) is 5.78 Å². The minimum Gasteiger partial charge on any atom is -0.349 e. The van der Waals surface area contributed by atoms with Gasteiger partial charge in [-0.3, -0.25) is 14.8 Å². The van der Waals surface area contributed by atoms with Crippen molar-refractivity contribution >= 4 is 11.7 Å². The molecule has 1 aromatic carbocycles. The Bertz CT molecular complexity index is 887. The van der Waals surface area contributed by atoms with Crippen LogP contribution < -0.4 is 5.32 Å². The predicted molar refractivity (Wildman–Crippen MR) is 86.0 cm³/mol. The molecule has 3 rings (SSSR count). The number of carbonyl (C=O) groups is 1. The molecule has 0 radical (unpaired) electrons. The second-order valence-electron chi connectivity index (χ2n) is 4.87. The van der Waals surface area contributed by atoms with Crippen LogP contribution in [0.5, 0.6) is 0 Å². The molecule has 0 unspecified atom stereocenters. The molecule has 0 aliphatic heterocycles. The molecule has 1 N–H and O–H groups in total. The van der Waals surface area contributed by atoms with Gasteiger partial charge in [0.1, 0.15) is 0 Å². The van der Waals surface area contributed by atoms with Gasteiger partial charge in [0, 0.05) is 30.4 Å². The van der Waals surface area contributed by atoms with E-state index < -0.39 is 0 Å². The van der Waals surface area contributed by atoms with Gasteiger partial charge in [-0.1, -0.05) is 12.1 Å². The van der Waals surface area contributed by atoms with Crippen molar-refractivity contribution in [3.63, 3.8) is 0 Å². The largest absolute Gasteiger partial charge is 0.349 e. The zero-order chi connectivity index (χ0) is 16.8. The van der Waals surface area contributed by atoms with Crippen LogP contribution in [0.15, 0.2) is 55.2 Å². The van der Waals surface area contributed by atoms with Crippen LogP contribution in [0.2, 0.25) is 0 Å². The maximum absolute atomic E-state index is 12.4. The lowest BCUT2D eigenvalue weighted by Gasteiger charge is -2.05. The van der Waals surface area contributed by atoms with Gasteiger partial charge in [-0.05, 0) is 12.1 Å². The average Bonchev–Trinajstić information content (AvgIpc) is 2.67. The van der Waals surface area contributed by atoms with Gasteiger partial charge >= 0.3 is 0 Å². The van der Waals surface area contributed by atoms with Crippen LogP contribution in [-0.2, 0) is 6.54 Å². The predicted octanol–water partition coefficient (Wildman–Crippen LogP) is 1.98. The summed E-state index contributed by atoms with van der Waals surface area (Å²) in [6.07, 6.45) is 7.75. The summed E-state index contributed by atoms with van der Waals surface area (Å²) in [5.41, 5.74) is 1.98. The Morgan fingerprint density at radius 3 is 2.62 bits per heavy atom. The maximum atomic E-state index is 12.4. The summed E-state index contributed by atoms with van der Waals surface area (Å²) in [6, 6.07) is 8.53. The molecule has 116 valence electrons. The third-order valence-electron chi connectivity index (χ3n) is 3.21. The van der Waals surface area contributed by atoms with E-state index in [4.69, 9.17) is 5.26 Å². The molecule has 0 aliphatic rings. The summed E-state index contributed by atoms with van der Waals surface area (Å²) >= 11 is 0. The summed E-state index contributed by atoms with van der Waals surface area (Å²) in [6.45, 7) is 0.436. The average molecular weight is 316 g/mol. The van der Waals surface area contributed by atoms with E-state index in [2.05, 4.69) is 25.3 Å². The summed E-state index contributed by atoms with van der Waals surface area (Å²) in [4.78, 5) is 28.7. The quantitative estimate of drug-likeness (QED) is 0.717. The first-order chi connectivity index (χ1) is 11.8. The smallest absolute Gasteiger partial charge is 0.222 e. The Hall–Kier alpha value is -3.66. The number of ketones is 1. The van der Waals surface area contributed by atoms with Gasteiger partial charge in [-0.25, -0.2) is 9.97 Å². The molecule has 2 heterocycles. The van der Waals surface area contributed by atoms with Gasteiger partial charge in [-0.2, -0.15) is 5.26 Å². The molecule has 0 saturated carbocycles. The van der Waals surface area contributed by atoms with Crippen LogP contribution in [0.4, 0.5) is 5.95 Å². The summed E-state index contributed by atoms with van der Waals surface area (Å²) in [7, 11) is 0. The monoisotopic (exact) mass is 316 g/mol. The second kappa shape index (κ2) is 7.07. The Balaban J connectivity index is 1.69. The summed E-state index contributed by atoms with van der Waals surface area (Å²) < 4.78 is 0. The second-order valence-corrected chi connectivity index (χ2v) is 4.87. The number of rotatable bonds is 5. The Morgan fingerprint density at radius 2 is 1.92 bits per heavy atom. The number of nitrogens with zero attached hydrogens (tertiary/aromatic N) is 5. The molecular weight excluding hydrogens is 304 g/mol. The standard InChI is InChI=1S/C17H12N6O/c18-7-12-2-1-3-13(6-12)16(24)14-8-21-17(22-9-14)23-11-15-10-19-4-5-20-15/h1-6,8-10H,11H2,(H,21,22,23). The number of hydrogen-bond acceptors (Lipinski definition) is 7. The number of nitrogens with one attached hydrogen (secondary N) is 1. The Morgan fingerprint density at radius 1 is 1.08 bits per heavy atom.